The zero-order valence-corrected chi connectivity index (χ0v) is 15.2. The third-order valence-electron chi connectivity index (χ3n) is 4.01. The van der Waals surface area contributed by atoms with Crippen LogP contribution in [0.5, 0.6) is 0 Å². The van der Waals surface area contributed by atoms with E-state index in [4.69, 9.17) is 15.2 Å². The monoisotopic (exact) mass is 329 g/mol. The van der Waals surface area contributed by atoms with Crippen molar-refractivity contribution < 1.29 is 14.3 Å². The van der Waals surface area contributed by atoms with E-state index in [1.165, 1.54) is 0 Å². The summed E-state index contributed by atoms with van der Waals surface area (Å²) in [6, 6.07) is 1.22. The maximum Gasteiger partial charge on any atom is 0.407 e. The zero-order chi connectivity index (χ0) is 17.3. The van der Waals surface area contributed by atoms with Crippen molar-refractivity contribution in [3.8, 4) is 0 Å². The van der Waals surface area contributed by atoms with Crippen LogP contribution in [0.25, 0.3) is 0 Å². The minimum absolute atomic E-state index is 0.319. The van der Waals surface area contributed by atoms with Crippen LogP contribution in [0.15, 0.2) is 0 Å². The molecule has 1 fully saturated rings. The van der Waals surface area contributed by atoms with Gasteiger partial charge in [-0.1, -0.05) is 0 Å². The maximum absolute atomic E-state index is 11.6. The number of nitrogens with two attached hydrogens (primary N) is 1. The molecular formula is C17H35N3O3. The summed E-state index contributed by atoms with van der Waals surface area (Å²) >= 11 is 0. The molecule has 0 aromatic heterocycles. The van der Waals surface area contributed by atoms with Gasteiger partial charge in [-0.3, -0.25) is 0 Å². The first-order chi connectivity index (χ1) is 10.8. The molecule has 1 rings (SSSR count). The molecule has 1 aliphatic carbocycles. The lowest BCUT2D eigenvalue weighted by Crippen LogP contribution is -2.44. The molecule has 6 nitrogen and oxygen atoms in total. The second-order valence-electron chi connectivity index (χ2n) is 7.50. The van der Waals surface area contributed by atoms with Gasteiger partial charge in [0.05, 0.1) is 6.61 Å². The number of ether oxygens (including phenoxy) is 2. The molecule has 1 aliphatic rings. The largest absolute Gasteiger partial charge is 0.444 e. The maximum atomic E-state index is 11.6. The second-order valence-corrected chi connectivity index (χ2v) is 7.50. The Kier molecular flexibility index (Phi) is 8.87. The number of hydrogen-bond donors (Lipinski definition) is 3. The minimum Gasteiger partial charge on any atom is -0.444 e. The fourth-order valence-electron chi connectivity index (χ4n) is 2.89. The van der Waals surface area contributed by atoms with Crippen LogP contribution in [-0.2, 0) is 9.47 Å². The number of hydrogen-bond acceptors (Lipinski definition) is 5. The fraction of sp³-hybridized carbons (Fsp3) is 0.941. The Morgan fingerprint density at radius 1 is 1.26 bits per heavy atom. The molecular weight excluding hydrogens is 294 g/mol. The van der Waals surface area contributed by atoms with E-state index in [2.05, 4.69) is 10.6 Å². The van der Waals surface area contributed by atoms with E-state index >= 15 is 0 Å². The van der Waals surface area contributed by atoms with Crippen LogP contribution in [0.1, 0.15) is 59.3 Å². The van der Waals surface area contributed by atoms with E-state index < -0.39 is 5.60 Å². The molecule has 0 radical (unpaired) electrons. The van der Waals surface area contributed by atoms with Gasteiger partial charge >= 0.3 is 6.09 Å². The third-order valence-corrected chi connectivity index (χ3v) is 4.01. The van der Waals surface area contributed by atoms with E-state index in [1.54, 1.807) is 7.11 Å². The van der Waals surface area contributed by atoms with Gasteiger partial charge in [-0.25, -0.2) is 4.79 Å². The molecule has 1 amide bonds. The predicted octanol–water partition coefficient (Wildman–Crippen LogP) is 2.17. The molecule has 1 atom stereocenters. The molecule has 0 aromatic carbocycles. The first-order valence-corrected chi connectivity index (χ1v) is 8.77. The van der Waals surface area contributed by atoms with Crippen LogP contribution < -0.4 is 16.4 Å². The second kappa shape index (κ2) is 10.1. The molecule has 0 heterocycles. The van der Waals surface area contributed by atoms with Crippen LogP contribution in [0.2, 0.25) is 0 Å². The molecule has 0 aromatic rings. The number of carbonyl (C=O) groups excluding carboxylic acids is 1. The number of rotatable bonds is 8. The van der Waals surface area contributed by atoms with Gasteiger partial charge in [-0.05, 0) is 59.3 Å². The normalized spacial score (nSPS) is 23.3. The van der Waals surface area contributed by atoms with Gasteiger partial charge in [-0.2, -0.15) is 0 Å². The van der Waals surface area contributed by atoms with Crippen LogP contribution in [0, 0.1) is 0 Å². The summed E-state index contributed by atoms with van der Waals surface area (Å²) in [5, 5.41) is 6.48. The Balaban J connectivity index is 2.21. The van der Waals surface area contributed by atoms with Crippen molar-refractivity contribution in [1.29, 1.82) is 0 Å². The highest BCUT2D eigenvalue weighted by atomic mass is 16.6. The van der Waals surface area contributed by atoms with Crippen molar-refractivity contribution >= 4 is 6.09 Å². The average molecular weight is 329 g/mol. The minimum atomic E-state index is -0.452. The van der Waals surface area contributed by atoms with Crippen molar-refractivity contribution in [3.63, 3.8) is 0 Å². The Morgan fingerprint density at radius 2 is 1.91 bits per heavy atom. The van der Waals surface area contributed by atoms with Gasteiger partial charge in [-0.15, -0.1) is 0 Å². The molecule has 1 saturated carbocycles. The number of carbonyl (C=O) groups is 1. The van der Waals surface area contributed by atoms with Crippen molar-refractivity contribution in [1.82, 2.24) is 10.6 Å². The van der Waals surface area contributed by atoms with Gasteiger partial charge in [0, 0.05) is 31.8 Å². The van der Waals surface area contributed by atoms with Crippen molar-refractivity contribution in [2.45, 2.75) is 83.0 Å². The molecule has 0 aliphatic heterocycles. The van der Waals surface area contributed by atoms with Crippen molar-refractivity contribution in [2.24, 2.45) is 5.73 Å². The summed E-state index contributed by atoms with van der Waals surface area (Å²) in [5.74, 6) is 0. The Bertz CT molecular complexity index is 336. The Morgan fingerprint density at radius 3 is 2.48 bits per heavy atom. The van der Waals surface area contributed by atoms with E-state index in [9.17, 15) is 4.79 Å². The van der Waals surface area contributed by atoms with Crippen LogP contribution in [-0.4, -0.2) is 50.1 Å². The Labute approximate surface area is 140 Å². The molecule has 4 N–H and O–H groups in total. The first-order valence-electron chi connectivity index (χ1n) is 8.77. The lowest BCUT2D eigenvalue weighted by molar-refractivity contribution is 0.0525. The lowest BCUT2D eigenvalue weighted by Gasteiger charge is -2.30. The van der Waals surface area contributed by atoms with E-state index in [1.807, 2.05) is 20.8 Å². The molecule has 136 valence electrons. The third kappa shape index (κ3) is 9.79. The van der Waals surface area contributed by atoms with Gasteiger partial charge in [0.2, 0.25) is 0 Å². The van der Waals surface area contributed by atoms with Gasteiger partial charge in [0.25, 0.3) is 0 Å². The summed E-state index contributed by atoms with van der Waals surface area (Å²) in [4.78, 5) is 11.6. The molecule has 0 saturated heterocycles. The van der Waals surface area contributed by atoms with Gasteiger partial charge < -0.3 is 25.8 Å². The summed E-state index contributed by atoms with van der Waals surface area (Å²) in [7, 11) is 1.73. The van der Waals surface area contributed by atoms with E-state index in [0.717, 1.165) is 38.5 Å². The average Bonchev–Trinajstić information content (AvgIpc) is 2.44. The number of alkyl carbamates (subject to hydrolysis) is 1. The smallest absolute Gasteiger partial charge is 0.407 e. The molecule has 0 bridgehead atoms. The van der Waals surface area contributed by atoms with Crippen LogP contribution >= 0.6 is 0 Å². The topological polar surface area (TPSA) is 85.6 Å². The zero-order valence-electron chi connectivity index (χ0n) is 15.2. The van der Waals surface area contributed by atoms with Gasteiger partial charge in [0.15, 0.2) is 0 Å². The van der Waals surface area contributed by atoms with Crippen LogP contribution in [0.4, 0.5) is 4.79 Å². The molecule has 23 heavy (non-hydrogen) atoms. The summed E-state index contributed by atoms with van der Waals surface area (Å²) in [6.07, 6.45) is 5.97. The highest BCUT2D eigenvalue weighted by Gasteiger charge is 2.21. The Hall–Kier alpha value is -0.850. The number of methoxy groups -OCH3 is 1. The fourth-order valence-corrected chi connectivity index (χ4v) is 2.89. The van der Waals surface area contributed by atoms with Crippen molar-refractivity contribution in [2.75, 3.05) is 20.3 Å². The lowest BCUT2D eigenvalue weighted by atomic mass is 9.91. The molecule has 1 unspecified atom stereocenters. The highest BCUT2D eigenvalue weighted by molar-refractivity contribution is 5.67. The van der Waals surface area contributed by atoms with Crippen molar-refractivity contribution in [3.05, 3.63) is 0 Å². The standard InChI is InChI=1S/C17H35N3O3/c1-17(2,3)23-16(21)19-11-5-6-15(12-22-4)20-14-9-7-13(18)8-10-14/h13-15,20H,5-12,18H2,1-4H3,(H,19,21). The number of amides is 1. The quantitative estimate of drug-likeness (QED) is 0.594. The summed E-state index contributed by atoms with van der Waals surface area (Å²) in [5.41, 5.74) is 5.50. The summed E-state index contributed by atoms with van der Waals surface area (Å²) in [6.45, 7) is 6.89. The summed E-state index contributed by atoms with van der Waals surface area (Å²) < 4.78 is 10.5. The SMILES string of the molecule is COCC(CCCNC(=O)OC(C)(C)C)NC1CCC(N)CC1. The van der Waals surface area contributed by atoms with E-state index in [-0.39, 0.29) is 6.09 Å². The highest BCUT2D eigenvalue weighted by Crippen LogP contribution is 2.18. The first kappa shape index (κ1) is 20.2. The van der Waals surface area contributed by atoms with E-state index in [0.29, 0.717) is 31.3 Å². The van der Waals surface area contributed by atoms with Crippen LogP contribution in [0.3, 0.4) is 0 Å². The molecule has 6 heteroatoms. The predicted molar refractivity (Wildman–Crippen MR) is 92.5 cm³/mol. The number of nitrogens with one attached hydrogen (secondary N) is 2. The van der Waals surface area contributed by atoms with Gasteiger partial charge in [0.1, 0.15) is 5.60 Å². The molecule has 0 spiro atoms.